The molecule has 8 heteroatoms. The van der Waals surface area contributed by atoms with Crippen LogP contribution in [0.15, 0.2) is 53.4 Å². The van der Waals surface area contributed by atoms with Gasteiger partial charge in [0.15, 0.2) is 0 Å². The highest BCUT2D eigenvalue weighted by molar-refractivity contribution is 7.90. The molecule has 0 aromatic heterocycles. The molecule has 0 unspecified atom stereocenters. The minimum absolute atomic E-state index is 0.0703. The smallest absolute Gasteiger partial charge is 0.421 e. The van der Waals surface area contributed by atoms with Crippen molar-refractivity contribution in [3.63, 3.8) is 0 Å². The molecular formula is C14H11Cl2NO4S. The zero-order chi connectivity index (χ0) is 16.2. The Kier molecular flexibility index (Phi) is 5.28. The normalized spacial score (nSPS) is 11.0. The van der Waals surface area contributed by atoms with Gasteiger partial charge in [-0.2, -0.15) is 0 Å². The molecule has 2 aromatic carbocycles. The highest BCUT2D eigenvalue weighted by atomic mass is 35.5. The van der Waals surface area contributed by atoms with Crippen LogP contribution in [0.5, 0.6) is 0 Å². The molecule has 1 amide bonds. The van der Waals surface area contributed by atoms with Crippen molar-refractivity contribution in [1.82, 2.24) is 4.72 Å². The maximum absolute atomic E-state index is 11.9. The lowest BCUT2D eigenvalue weighted by molar-refractivity contribution is 0.146. The van der Waals surface area contributed by atoms with E-state index in [0.29, 0.717) is 15.6 Å². The third-order valence-corrected chi connectivity index (χ3v) is 4.46. The van der Waals surface area contributed by atoms with Gasteiger partial charge in [0.1, 0.15) is 6.61 Å². The third kappa shape index (κ3) is 4.62. The van der Waals surface area contributed by atoms with Gasteiger partial charge in [-0.05, 0) is 42.0 Å². The van der Waals surface area contributed by atoms with Crippen LogP contribution < -0.4 is 4.72 Å². The summed E-state index contributed by atoms with van der Waals surface area (Å²) in [5.41, 5.74) is 0.684. The number of carbonyl (C=O) groups is 1. The molecule has 0 bridgehead atoms. The number of halogens is 2. The molecule has 116 valence electrons. The van der Waals surface area contributed by atoms with Crippen LogP contribution in [-0.4, -0.2) is 14.5 Å². The predicted octanol–water partition coefficient (Wildman–Crippen LogP) is 3.61. The van der Waals surface area contributed by atoms with Gasteiger partial charge in [-0.15, -0.1) is 0 Å². The standard InChI is InChI=1S/C14H11Cl2NO4S/c15-11-3-1-10(2-4-11)9-21-14(18)17-22(19,20)13-7-5-12(16)6-8-13/h1-8H,9H2,(H,17,18). The van der Waals surface area contributed by atoms with Crippen LogP contribution in [0.1, 0.15) is 5.56 Å². The molecular weight excluding hydrogens is 349 g/mol. The fourth-order valence-electron chi connectivity index (χ4n) is 1.54. The molecule has 0 aliphatic heterocycles. The van der Waals surface area contributed by atoms with Crippen LogP contribution in [0.4, 0.5) is 4.79 Å². The van der Waals surface area contributed by atoms with E-state index in [4.69, 9.17) is 27.9 Å². The van der Waals surface area contributed by atoms with Crippen LogP contribution in [0.3, 0.4) is 0 Å². The lowest BCUT2D eigenvalue weighted by Crippen LogP contribution is -2.31. The van der Waals surface area contributed by atoms with Crippen molar-refractivity contribution in [3.05, 3.63) is 64.1 Å². The van der Waals surface area contributed by atoms with E-state index < -0.39 is 16.1 Å². The Hall–Kier alpha value is -1.76. The first-order valence-corrected chi connectivity index (χ1v) is 8.30. The van der Waals surface area contributed by atoms with Gasteiger partial charge in [0, 0.05) is 10.0 Å². The van der Waals surface area contributed by atoms with Gasteiger partial charge >= 0.3 is 6.09 Å². The second kappa shape index (κ2) is 7.00. The molecule has 0 aliphatic rings. The second-order valence-corrected chi connectivity index (χ2v) is 6.82. The van der Waals surface area contributed by atoms with E-state index in [9.17, 15) is 13.2 Å². The van der Waals surface area contributed by atoms with E-state index >= 15 is 0 Å². The summed E-state index contributed by atoms with van der Waals surface area (Å²) >= 11 is 11.4. The van der Waals surface area contributed by atoms with E-state index in [1.54, 1.807) is 24.3 Å². The zero-order valence-electron chi connectivity index (χ0n) is 11.1. The van der Waals surface area contributed by atoms with Crippen molar-refractivity contribution < 1.29 is 17.9 Å². The van der Waals surface area contributed by atoms with E-state index in [-0.39, 0.29) is 11.5 Å². The maximum atomic E-state index is 11.9. The van der Waals surface area contributed by atoms with Gasteiger partial charge in [0.2, 0.25) is 0 Å². The van der Waals surface area contributed by atoms with Crippen molar-refractivity contribution in [1.29, 1.82) is 0 Å². The van der Waals surface area contributed by atoms with Crippen molar-refractivity contribution in [3.8, 4) is 0 Å². The molecule has 0 radical (unpaired) electrons. The lowest BCUT2D eigenvalue weighted by Gasteiger charge is -2.08. The number of ether oxygens (including phenoxy) is 1. The summed E-state index contributed by atoms with van der Waals surface area (Å²) in [4.78, 5) is 11.5. The van der Waals surface area contributed by atoms with Crippen LogP contribution in [0.2, 0.25) is 10.0 Å². The predicted molar refractivity (Wildman–Crippen MR) is 83.4 cm³/mol. The third-order valence-electron chi connectivity index (χ3n) is 2.62. The summed E-state index contributed by atoms with van der Waals surface area (Å²) in [5, 5.41) is 0.947. The molecule has 0 aliphatic carbocycles. The van der Waals surface area contributed by atoms with E-state index in [1.807, 2.05) is 4.72 Å². The van der Waals surface area contributed by atoms with E-state index in [1.165, 1.54) is 24.3 Å². The number of benzene rings is 2. The summed E-state index contributed by atoms with van der Waals surface area (Å²) < 4.78 is 30.5. The Labute approximate surface area is 137 Å². The molecule has 0 heterocycles. The number of amides is 1. The fraction of sp³-hybridized carbons (Fsp3) is 0.0714. The average Bonchev–Trinajstić information content (AvgIpc) is 2.46. The van der Waals surface area contributed by atoms with Gasteiger partial charge < -0.3 is 4.74 Å². The van der Waals surface area contributed by atoms with Crippen LogP contribution >= 0.6 is 23.2 Å². The Morgan fingerprint density at radius 1 is 0.955 bits per heavy atom. The first kappa shape index (κ1) is 16.6. The Morgan fingerprint density at radius 2 is 1.45 bits per heavy atom. The summed E-state index contributed by atoms with van der Waals surface area (Å²) in [6.07, 6.45) is -1.06. The summed E-state index contributed by atoms with van der Waals surface area (Å²) in [6.45, 7) is -0.0703. The van der Waals surface area contributed by atoms with Gasteiger partial charge in [-0.3, -0.25) is 0 Å². The number of carbonyl (C=O) groups excluding carboxylic acids is 1. The molecule has 0 saturated heterocycles. The highest BCUT2D eigenvalue weighted by Crippen LogP contribution is 2.14. The summed E-state index contributed by atoms with van der Waals surface area (Å²) in [5.74, 6) is 0. The molecule has 0 atom stereocenters. The second-order valence-electron chi connectivity index (χ2n) is 4.26. The molecule has 2 aromatic rings. The topological polar surface area (TPSA) is 72.5 Å². The van der Waals surface area contributed by atoms with Crippen LogP contribution in [-0.2, 0) is 21.4 Å². The molecule has 1 N–H and O–H groups in total. The molecule has 0 saturated carbocycles. The monoisotopic (exact) mass is 359 g/mol. The minimum atomic E-state index is -3.99. The molecule has 0 spiro atoms. The summed E-state index contributed by atoms with van der Waals surface area (Å²) in [6, 6.07) is 12.0. The summed E-state index contributed by atoms with van der Waals surface area (Å²) in [7, 11) is -3.99. The van der Waals surface area contributed by atoms with Crippen LogP contribution in [0.25, 0.3) is 0 Å². The van der Waals surface area contributed by atoms with Gasteiger partial charge in [-0.25, -0.2) is 17.9 Å². The average molecular weight is 360 g/mol. The van der Waals surface area contributed by atoms with Gasteiger partial charge in [0.05, 0.1) is 4.90 Å². The Bertz CT molecular complexity index is 758. The van der Waals surface area contributed by atoms with Crippen molar-refractivity contribution in [2.24, 2.45) is 0 Å². The van der Waals surface area contributed by atoms with E-state index in [0.717, 1.165) is 0 Å². The molecule has 0 fully saturated rings. The number of sulfonamides is 1. The quantitative estimate of drug-likeness (QED) is 0.904. The van der Waals surface area contributed by atoms with Gasteiger partial charge in [0.25, 0.3) is 10.0 Å². The molecule has 22 heavy (non-hydrogen) atoms. The minimum Gasteiger partial charge on any atom is -0.444 e. The highest BCUT2D eigenvalue weighted by Gasteiger charge is 2.18. The first-order valence-electron chi connectivity index (χ1n) is 6.06. The van der Waals surface area contributed by atoms with E-state index in [2.05, 4.69) is 0 Å². The number of hydrogen-bond acceptors (Lipinski definition) is 4. The number of nitrogens with one attached hydrogen (secondary N) is 1. The van der Waals surface area contributed by atoms with Crippen molar-refractivity contribution >= 4 is 39.3 Å². The Morgan fingerprint density at radius 3 is 2.00 bits per heavy atom. The molecule has 5 nitrogen and oxygen atoms in total. The Balaban J connectivity index is 1.96. The fourth-order valence-corrected chi connectivity index (χ4v) is 2.68. The van der Waals surface area contributed by atoms with Crippen LogP contribution in [0, 0.1) is 0 Å². The number of rotatable bonds is 4. The largest absolute Gasteiger partial charge is 0.444 e. The SMILES string of the molecule is O=C(NS(=O)(=O)c1ccc(Cl)cc1)OCc1ccc(Cl)cc1. The molecule has 2 rings (SSSR count). The van der Waals surface area contributed by atoms with Crippen molar-refractivity contribution in [2.75, 3.05) is 0 Å². The maximum Gasteiger partial charge on any atom is 0.421 e. The number of hydrogen-bond donors (Lipinski definition) is 1. The first-order chi connectivity index (χ1) is 10.4. The van der Waals surface area contributed by atoms with Crippen molar-refractivity contribution in [2.45, 2.75) is 11.5 Å². The zero-order valence-corrected chi connectivity index (χ0v) is 13.5. The lowest BCUT2D eigenvalue weighted by atomic mass is 10.2. The van der Waals surface area contributed by atoms with Gasteiger partial charge in [-0.1, -0.05) is 35.3 Å².